The number of ether oxygens (including phenoxy) is 1. The average Bonchev–Trinajstić information content (AvgIpc) is 2.86. The minimum atomic E-state index is -0.795. The van der Waals surface area contributed by atoms with E-state index in [-0.39, 0.29) is 23.8 Å². The maximum Gasteiger partial charge on any atom is 0.408 e. The van der Waals surface area contributed by atoms with Crippen LogP contribution >= 0.6 is 0 Å². The lowest BCUT2D eigenvalue weighted by molar-refractivity contribution is -0.143. The molecule has 2 unspecified atom stereocenters. The van der Waals surface area contributed by atoms with Crippen LogP contribution < -0.4 is 10.6 Å². The average molecular weight is 558 g/mol. The molecule has 0 heterocycles. The summed E-state index contributed by atoms with van der Waals surface area (Å²) in [4.78, 5) is 43.1. The van der Waals surface area contributed by atoms with E-state index in [9.17, 15) is 14.4 Å². The predicted molar refractivity (Wildman–Crippen MR) is 162 cm³/mol. The van der Waals surface area contributed by atoms with Crippen molar-refractivity contribution in [2.45, 2.75) is 143 Å². The summed E-state index contributed by atoms with van der Waals surface area (Å²) >= 11 is 0. The quantitative estimate of drug-likeness (QED) is 0.252. The third-order valence-corrected chi connectivity index (χ3v) is 7.47. The van der Waals surface area contributed by atoms with Crippen LogP contribution in [0.5, 0.6) is 0 Å². The molecule has 1 aromatic rings. The molecule has 2 atom stereocenters. The lowest BCUT2D eigenvalue weighted by Crippen LogP contribution is -2.54. The molecule has 0 spiro atoms. The van der Waals surface area contributed by atoms with Crippen LogP contribution in [0.1, 0.15) is 128 Å². The van der Waals surface area contributed by atoms with Crippen molar-refractivity contribution in [2.75, 3.05) is 6.54 Å². The number of carbonyl (C=O) groups excluding carboxylic acids is 3. The molecule has 3 amide bonds. The summed E-state index contributed by atoms with van der Waals surface area (Å²) in [5.74, 6) is -0.216. The van der Waals surface area contributed by atoms with Crippen LogP contribution in [0.25, 0.3) is 0 Å². The second-order valence-electron chi connectivity index (χ2n) is 13.0. The number of rotatable bonds is 13. The number of hydrogen-bond acceptors (Lipinski definition) is 4. The first kappa shape index (κ1) is 33.6. The molecule has 40 heavy (non-hydrogen) atoms. The molecule has 2 rings (SSSR count). The van der Waals surface area contributed by atoms with Gasteiger partial charge in [-0.05, 0) is 77.3 Å². The highest BCUT2D eigenvalue weighted by Crippen LogP contribution is 2.29. The summed E-state index contributed by atoms with van der Waals surface area (Å²) in [7, 11) is 0. The fraction of sp³-hybridized carbons (Fsp3) is 0.727. The minimum Gasteiger partial charge on any atom is -0.444 e. The van der Waals surface area contributed by atoms with E-state index >= 15 is 0 Å². The summed E-state index contributed by atoms with van der Waals surface area (Å²) in [6.07, 6.45) is 9.07. The predicted octanol–water partition coefficient (Wildman–Crippen LogP) is 7.14. The summed E-state index contributed by atoms with van der Waals surface area (Å²) in [6, 6.07) is 4.65. The van der Waals surface area contributed by atoms with E-state index in [1.54, 1.807) is 25.7 Å². The fourth-order valence-corrected chi connectivity index (χ4v) is 5.45. The topological polar surface area (TPSA) is 87.7 Å². The van der Waals surface area contributed by atoms with E-state index in [1.165, 1.54) is 6.42 Å². The molecule has 7 heteroatoms. The maximum atomic E-state index is 14.4. The zero-order valence-corrected chi connectivity index (χ0v) is 26.4. The number of unbranched alkanes of at least 4 members (excludes halogenated alkanes) is 3. The normalized spacial score (nSPS) is 15.8. The van der Waals surface area contributed by atoms with Gasteiger partial charge in [0.15, 0.2) is 0 Å². The third-order valence-electron chi connectivity index (χ3n) is 7.47. The van der Waals surface area contributed by atoms with E-state index in [0.29, 0.717) is 13.0 Å². The molecule has 1 aromatic carbocycles. The number of carbonyl (C=O) groups is 3. The molecule has 0 aliphatic heterocycles. The SMILES string of the molecule is CCCCCCN(C(=O)C(CC(C)C)NC(=O)OC(C)(C)C)C(C(=O)NC1CCCCC1)c1cc(C)ccc1C. The van der Waals surface area contributed by atoms with Crippen LogP contribution in [0.2, 0.25) is 0 Å². The number of nitrogens with one attached hydrogen (secondary N) is 2. The van der Waals surface area contributed by atoms with Gasteiger partial charge >= 0.3 is 6.09 Å². The van der Waals surface area contributed by atoms with Gasteiger partial charge in [0.2, 0.25) is 11.8 Å². The Hall–Kier alpha value is -2.57. The van der Waals surface area contributed by atoms with Gasteiger partial charge in [-0.15, -0.1) is 0 Å². The molecule has 0 aromatic heterocycles. The first-order valence-corrected chi connectivity index (χ1v) is 15.5. The molecular formula is C33H55N3O4. The summed E-state index contributed by atoms with van der Waals surface area (Å²) in [5.41, 5.74) is 2.18. The molecule has 7 nitrogen and oxygen atoms in total. The highest BCUT2D eigenvalue weighted by Gasteiger charge is 2.37. The second-order valence-corrected chi connectivity index (χ2v) is 13.0. The number of nitrogens with zero attached hydrogens (tertiary/aromatic N) is 1. The highest BCUT2D eigenvalue weighted by atomic mass is 16.6. The summed E-state index contributed by atoms with van der Waals surface area (Å²) in [5, 5.41) is 6.16. The van der Waals surface area contributed by atoms with Crippen LogP contribution in [-0.4, -0.2) is 47.0 Å². The Kier molecular flexibility index (Phi) is 13.5. The first-order chi connectivity index (χ1) is 18.8. The Morgan fingerprint density at radius 2 is 1.70 bits per heavy atom. The smallest absolute Gasteiger partial charge is 0.408 e. The zero-order valence-electron chi connectivity index (χ0n) is 26.4. The van der Waals surface area contributed by atoms with Gasteiger partial charge in [-0.2, -0.15) is 0 Å². The largest absolute Gasteiger partial charge is 0.444 e. The minimum absolute atomic E-state index is 0.122. The van der Waals surface area contributed by atoms with E-state index in [2.05, 4.69) is 17.6 Å². The van der Waals surface area contributed by atoms with Gasteiger partial charge in [0.25, 0.3) is 0 Å². The molecule has 0 radical (unpaired) electrons. The monoisotopic (exact) mass is 557 g/mol. The summed E-state index contributed by atoms with van der Waals surface area (Å²) in [6.45, 7) is 16.1. The Labute approximate surface area is 243 Å². The van der Waals surface area contributed by atoms with Crippen molar-refractivity contribution in [1.82, 2.24) is 15.5 Å². The van der Waals surface area contributed by atoms with Crippen molar-refractivity contribution < 1.29 is 19.1 Å². The van der Waals surface area contributed by atoms with Crippen LogP contribution in [-0.2, 0) is 14.3 Å². The first-order valence-electron chi connectivity index (χ1n) is 15.5. The number of hydrogen-bond donors (Lipinski definition) is 2. The number of alkyl carbamates (subject to hydrolysis) is 1. The Morgan fingerprint density at radius 1 is 1.02 bits per heavy atom. The van der Waals surface area contributed by atoms with Gasteiger partial charge in [-0.25, -0.2) is 4.79 Å². The van der Waals surface area contributed by atoms with Gasteiger partial charge in [0.1, 0.15) is 17.7 Å². The number of benzene rings is 1. The van der Waals surface area contributed by atoms with Crippen molar-refractivity contribution >= 4 is 17.9 Å². The van der Waals surface area contributed by atoms with E-state index in [0.717, 1.165) is 68.1 Å². The molecule has 1 aliphatic rings. The van der Waals surface area contributed by atoms with Crippen molar-refractivity contribution in [1.29, 1.82) is 0 Å². The van der Waals surface area contributed by atoms with Gasteiger partial charge < -0.3 is 20.3 Å². The van der Waals surface area contributed by atoms with Gasteiger partial charge in [-0.1, -0.05) is 83.1 Å². The molecule has 0 bridgehead atoms. The van der Waals surface area contributed by atoms with Crippen LogP contribution in [0.15, 0.2) is 18.2 Å². The molecule has 226 valence electrons. The van der Waals surface area contributed by atoms with Crippen LogP contribution in [0.3, 0.4) is 0 Å². The van der Waals surface area contributed by atoms with Crippen molar-refractivity contribution in [2.24, 2.45) is 5.92 Å². The lowest BCUT2D eigenvalue weighted by Gasteiger charge is -2.36. The molecule has 1 aliphatic carbocycles. The summed E-state index contributed by atoms with van der Waals surface area (Å²) < 4.78 is 5.52. The van der Waals surface area contributed by atoms with Crippen molar-refractivity contribution in [3.8, 4) is 0 Å². The molecule has 1 fully saturated rings. The molecular weight excluding hydrogens is 502 g/mol. The fourth-order valence-electron chi connectivity index (χ4n) is 5.45. The number of aryl methyl sites for hydroxylation is 2. The highest BCUT2D eigenvalue weighted by molar-refractivity contribution is 5.92. The standard InChI is InChI=1S/C33H55N3O4/c1-9-10-11-15-20-36(31(38)28(21-23(2)3)35-32(39)40-33(6,7)8)29(27-22-24(4)18-19-25(27)5)30(37)34-26-16-13-12-14-17-26/h18-19,22-23,26,28-29H,9-17,20-21H2,1-8H3,(H,34,37)(H,35,39). The van der Waals surface area contributed by atoms with Gasteiger partial charge in [-0.3, -0.25) is 9.59 Å². The van der Waals surface area contributed by atoms with Crippen LogP contribution in [0, 0.1) is 19.8 Å². The molecule has 0 saturated heterocycles. The van der Waals surface area contributed by atoms with E-state index < -0.39 is 23.8 Å². The van der Waals surface area contributed by atoms with E-state index in [4.69, 9.17) is 4.74 Å². The third kappa shape index (κ3) is 11.1. The molecule has 1 saturated carbocycles. The Bertz CT molecular complexity index is 963. The van der Waals surface area contributed by atoms with Gasteiger partial charge in [0, 0.05) is 12.6 Å². The number of amides is 3. The maximum absolute atomic E-state index is 14.4. The van der Waals surface area contributed by atoms with Crippen LogP contribution in [0.4, 0.5) is 4.79 Å². The Balaban J connectivity index is 2.52. The van der Waals surface area contributed by atoms with E-state index in [1.807, 2.05) is 45.9 Å². The van der Waals surface area contributed by atoms with Gasteiger partial charge in [0.05, 0.1) is 0 Å². The van der Waals surface area contributed by atoms with Crippen molar-refractivity contribution in [3.05, 3.63) is 34.9 Å². The Morgan fingerprint density at radius 3 is 2.30 bits per heavy atom. The lowest BCUT2D eigenvalue weighted by atomic mass is 9.92. The second kappa shape index (κ2) is 16.0. The van der Waals surface area contributed by atoms with Crippen molar-refractivity contribution in [3.63, 3.8) is 0 Å². The molecule has 2 N–H and O–H groups in total. The zero-order chi connectivity index (χ0) is 29.9.